The summed E-state index contributed by atoms with van der Waals surface area (Å²) in [6.07, 6.45) is -0.222. The van der Waals surface area contributed by atoms with Crippen molar-refractivity contribution >= 4 is 5.84 Å². The minimum atomic E-state index is -4.36. The summed E-state index contributed by atoms with van der Waals surface area (Å²) in [5, 5.41) is 0. The first kappa shape index (κ1) is 13.9. The standard InChI is InChI=1S/C13H16F3N3/c14-13(15,16)10-5-3-4-9(8-10)12(19-17)18-11-6-1-2-7-11/h3-5,8,11H,1-2,6-7,17H2,(H,18,19). The van der Waals surface area contributed by atoms with Crippen LogP contribution in [0.2, 0.25) is 0 Å². The molecule has 2 rings (SSSR count). The average Bonchev–Trinajstić information content (AvgIpc) is 2.88. The first-order chi connectivity index (χ1) is 9.00. The number of nitrogens with zero attached hydrogens (tertiary/aromatic N) is 1. The van der Waals surface area contributed by atoms with Gasteiger partial charge in [0.1, 0.15) is 5.84 Å². The van der Waals surface area contributed by atoms with Crippen LogP contribution in [0.25, 0.3) is 0 Å². The zero-order valence-electron chi connectivity index (χ0n) is 10.4. The summed E-state index contributed by atoms with van der Waals surface area (Å²) in [6, 6.07) is 5.18. The largest absolute Gasteiger partial charge is 0.416 e. The Morgan fingerprint density at radius 2 is 1.95 bits per heavy atom. The molecule has 0 radical (unpaired) electrons. The molecular formula is C13H16F3N3. The molecule has 19 heavy (non-hydrogen) atoms. The minimum absolute atomic E-state index is 0.153. The number of hydrogen-bond donors (Lipinski definition) is 2. The Morgan fingerprint density at radius 3 is 2.53 bits per heavy atom. The second-order valence-electron chi connectivity index (χ2n) is 4.64. The van der Waals surface area contributed by atoms with Gasteiger partial charge >= 0.3 is 6.18 Å². The van der Waals surface area contributed by atoms with Crippen LogP contribution in [0, 0.1) is 0 Å². The molecule has 0 aliphatic heterocycles. The van der Waals surface area contributed by atoms with Gasteiger partial charge in [-0.05, 0) is 25.0 Å². The summed E-state index contributed by atoms with van der Waals surface area (Å²) in [5.41, 5.74) is 2.08. The fourth-order valence-electron chi connectivity index (χ4n) is 2.25. The molecule has 3 N–H and O–H groups in total. The van der Waals surface area contributed by atoms with Crippen LogP contribution in [0.4, 0.5) is 13.2 Å². The van der Waals surface area contributed by atoms with Crippen LogP contribution in [-0.2, 0) is 6.18 Å². The van der Waals surface area contributed by atoms with Crippen LogP contribution in [0.1, 0.15) is 36.8 Å². The van der Waals surface area contributed by atoms with E-state index >= 15 is 0 Å². The van der Waals surface area contributed by atoms with Crippen molar-refractivity contribution in [3.63, 3.8) is 0 Å². The molecule has 1 aliphatic carbocycles. The first-order valence-corrected chi connectivity index (χ1v) is 6.23. The number of rotatable bonds is 2. The van der Waals surface area contributed by atoms with Crippen molar-refractivity contribution in [2.24, 2.45) is 10.8 Å². The van der Waals surface area contributed by atoms with Gasteiger partial charge in [-0.2, -0.15) is 13.2 Å². The highest BCUT2D eigenvalue weighted by Crippen LogP contribution is 2.29. The van der Waals surface area contributed by atoms with E-state index in [2.05, 4.69) is 10.4 Å². The van der Waals surface area contributed by atoms with E-state index in [9.17, 15) is 13.2 Å². The van der Waals surface area contributed by atoms with Crippen LogP contribution in [-0.4, -0.2) is 11.9 Å². The topological polar surface area (TPSA) is 50.4 Å². The molecule has 0 atom stereocenters. The molecule has 1 aliphatic rings. The predicted molar refractivity (Wildman–Crippen MR) is 67.6 cm³/mol. The van der Waals surface area contributed by atoms with Gasteiger partial charge in [0.05, 0.1) is 11.6 Å². The van der Waals surface area contributed by atoms with Gasteiger partial charge in [-0.1, -0.05) is 25.0 Å². The smallest absolute Gasteiger partial charge is 0.308 e. The zero-order chi connectivity index (χ0) is 13.9. The molecule has 0 amide bonds. The molecule has 0 bridgehead atoms. The summed E-state index contributed by atoms with van der Waals surface area (Å²) in [5.74, 6) is 5.70. The lowest BCUT2D eigenvalue weighted by Crippen LogP contribution is -2.32. The molecular weight excluding hydrogens is 255 g/mol. The molecule has 1 aromatic carbocycles. The summed E-state index contributed by atoms with van der Waals surface area (Å²) in [7, 11) is 0. The van der Waals surface area contributed by atoms with Crippen molar-refractivity contribution in [1.82, 2.24) is 5.43 Å². The maximum Gasteiger partial charge on any atom is 0.416 e. The summed E-state index contributed by atoms with van der Waals surface area (Å²) in [6.45, 7) is 0. The Kier molecular flexibility index (Phi) is 4.09. The average molecular weight is 271 g/mol. The van der Waals surface area contributed by atoms with Crippen LogP contribution >= 0.6 is 0 Å². The highest BCUT2D eigenvalue weighted by atomic mass is 19.4. The third-order valence-electron chi connectivity index (χ3n) is 3.24. The number of nitrogens with two attached hydrogens (primary N) is 1. The van der Waals surface area contributed by atoms with E-state index in [0.717, 1.165) is 37.8 Å². The van der Waals surface area contributed by atoms with Crippen LogP contribution < -0.4 is 11.3 Å². The van der Waals surface area contributed by atoms with Crippen molar-refractivity contribution in [3.05, 3.63) is 35.4 Å². The SMILES string of the molecule is NNC(=NC1CCCC1)c1cccc(C(F)(F)F)c1. The second kappa shape index (κ2) is 5.61. The Balaban J connectivity index is 2.28. The molecule has 0 heterocycles. The van der Waals surface area contributed by atoms with Crippen molar-refractivity contribution in [2.75, 3.05) is 0 Å². The van der Waals surface area contributed by atoms with Gasteiger partial charge in [-0.15, -0.1) is 0 Å². The van der Waals surface area contributed by atoms with Gasteiger partial charge in [0.25, 0.3) is 0 Å². The molecule has 6 heteroatoms. The molecule has 0 saturated heterocycles. The van der Waals surface area contributed by atoms with Crippen molar-refractivity contribution in [2.45, 2.75) is 37.9 Å². The first-order valence-electron chi connectivity index (χ1n) is 6.23. The summed E-state index contributed by atoms with van der Waals surface area (Å²) >= 11 is 0. The van der Waals surface area contributed by atoms with E-state index in [-0.39, 0.29) is 6.04 Å². The summed E-state index contributed by atoms with van der Waals surface area (Å²) < 4.78 is 37.9. The van der Waals surface area contributed by atoms with Gasteiger partial charge in [-0.25, -0.2) is 5.84 Å². The third kappa shape index (κ3) is 3.47. The molecule has 0 unspecified atom stereocenters. The van der Waals surface area contributed by atoms with Crippen LogP contribution in [0.5, 0.6) is 0 Å². The van der Waals surface area contributed by atoms with Crippen LogP contribution in [0.15, 0.2) is 29.3 Å². The maximum atomic E-state index is 12.6. The van der Waals surface area contributed by atoms with Crippen LogP contribution in [0.3, 0.4) is 0 Å². The van der Waals surface area contributed by atoms with Crippen molar-refractivity contribution in [3.8, 4) is 0 Å². The third-order valence-corrected chi connectivity index (χ3v) is 3.24. The quantitative estimate of drug-likeness (QED) is 0.376. The van der Waals surface area contributed by atoms with Gasteiger partial charge in [0.15, 0.2) is 0 Å². The molecule has 1 aromatic rings. The highest BCUT2D eigenvalue weighted by molar-refractivity contribution is 5.98. The minimum Gasteiger partial charge on any atom is -0.308 e. The Morgan fingerprint density at radius 1 is 1.26 bits per heavy atom. The van der Waals surface area contributed by atoms with E-state index in [0.29, 0.717) is 11.4 Å². The molecule has 1 saturated carbocycles. The second-order valence-corrected chi connectivity index (χ2v) is 4.64. The van der Waals surface area contributed by atoms with Crippen molar-refractivity contribution in [1.29, 1.82) is 0 Å². The Hall–Kier alpha value is -1.56. The van der Waals surface area contributed by atoms with E-state index in [1.165, 1.54) is 6.07 Å². The lowest BCUT2D eigenvalue weighted by molar-refractivity contribution is -0.137. The number of benzene rings is 1. The van der Waals surface area contributed by atoms with Gasteiger partial charge in [-0.3, -0.25) is 4.99 Å². The number of amidine groups is 1. The highest BCUT2D eigenvalue weighted by Gasteiger charge is 2.30. The molecule has 104 valence electrons. The van der Waals surface area contributed by atoms with Crippen molar-refractivity contribution < 1.29 is 13.2 Å². The van der Waals surface area contributed by atoms with E-state index in [1.54, 1.807) is 6.07 Å². The lowest BCUT2D eigenvalue weighted by atomic mass is 10.1. The number of hydrazine groups is 1. The monoisotopic (exact) mass is 271 g/mol. The van der Waals surface area contributed by atoms with Gasteiger partial charge in [0, 0.05) is 5.56 Å². The normalized spacial score (nSPS) is 17.8. The van der Waals surface area contributed by atoms with E-state index < -0.39 is 11.7 Å². The maximum absolute atomic E-state index is 12.6. The fourth-order valence-corrected chi connectivity index (χ4v) is 2.25. The predicted octanol–water partition coefficient (Wildman–Crippen LogP) is 2.86. The number of hydrogen-bond acceptors (Lipinski definition) is 2. The zero-order valence-corrected chi connectivity index (χ0v) is 10.4. The molecule has 0 spiro atoms. The Bertz CT molecular complexity index is 462. The fraction of sp³-hybridized carbons (Fsp3) is 0.462. The van der Waals surface area contributed by atoms with E-state index in [1.807, 2.05) is 0 Å². The number of nitrogens with one attached hydrogen (secondary N) is 1. The Labute approximate surface area is 109 Å². The number of alkyl halides is 3. The number of aliphatic imine (C=N–C) groups is 1. The van der Waals surface area contributed by atoms with Gasteiger partial charge < -0.3 is 5.43 Å². The molecule has 0 aromatic heterocycles. The summed E-state index contributed by atoms with van der Waals surface area (Å²) in [4.78, 5) is 4.40. The molecule has 3 nitrogen and oxygen atoms in total. The lowest BCUT2D eigenvalue weighted by Gasteiger charge is -2.12. The van der Waals surface area contributed by atoms with Gasteiger partial charge in [0.2, 0.25) is 0 Å². The molecule has 1 fully saturated rings. The van der Waals surface area contributed by atoms with E-state index in [4.69, 9.17) is 5.84 Å². The number of halogens is 3.